The fourth-order valence-electron chi connectivity index (χ4n) is 14.4. The van der Waals surface area contributed by atoms with Gasteiger partial charge >= 0.3 is 0 Å². The number of para-hydroxylation sites is 4. The van der Waals surface area contributed by atoms with Crippen molar-refractivity contribution in [3.05, 3.63) is 288 Å². The molecule has 4 aromatic heterocycles. The Morgan fingerprint density at radius 1 is 0.307 bits per heavy atom. The molecule has 16 rings (SSSR count). The number of rotatable bonds is 24. The van der Waals surface area contributed by atoms with Crippen molar-refractivity contribution in [2.24, 2.45) is 0 Å². The van der Waals surface area contributed by atoms with Gasteiger partial charge in [0.2, 0.25) is 0 Å². The van der Waals surface area contributed by atoms with E-state index in [1.165, 1.54) is 23.5 Å². The standard InChI is InChI=1S/C86H62N4O8S3/c1-53(95)85-81(97-59(45-87-73-17-7-3-13-65(73)69-41-55(49-91)25-37-77(69)87)46-88-74-18-8-4-14-66(74)70-42-56(50-92)26-38-78(70)88)21-11-23-83(85)100-63-33-29-61(30-34-63)99-62-31-35-64(36-32-62)101-84-24-12-22-82(86(84)54(2)96)98-60(47-89-75-19-9-5-15-67(75)71-43-57(51-93)27-39-79(71)89)48-90-76-20-10-6-16-68(76)72-44-58(52-94)28-40-80(72)90/h3-44,49-52,59-60H,45-48H2,1-2H3. The smallest absolute Gasteiger partial charge is 0.164 e. The molecule has 16 aromatic rings. The van der Waals surface area contributed by atoms with E-state index in [1.54, 1.807) is 25.6 Å². The summed E-state index contributed by atoms with van der Waals surface area (Å²) in [5.41, 5.74) is 11.1. The number of nitrogens with zero attached hydrogens (tertiary/aromatic N) is 4. The van der Waals surface area contributed by atoms with Gasteiger partial charge in [-0.05, 0) is 184 Å². The molecule has 0 amide bonds. The van der Waals surface area contributed by atoms with E-state index in [2.05, 4.69) is 115 Å². The van der Waals surface area contributed by atoms with Gasteiger partial charge in [-0.2, -0.15) is 0 Å². The molecule has 0 radical (unpaired) electrons. The highest BCUT2D eigenvalue weighted by molar-refractivity contribution is 8.00. The molecule has 12 aromatic carbocycles. The summed E-state index contributed by atoms with van der Waals surface area (Å²) in [6, 6.07) is 83.8. The SMILES string of the molecule is CC(=O)c1c(OC(Cn2c3ccccc3c3cc(C=O)ccc32)Cn2c3ccccc3c3cc(C=O)ccc32)cccc1Sc1ccc(Sc2ccc(Sc3cccc(OC(Cn4c5ccccc5c5cc(C=O)ccc54)Cn4c5ccccc5c5cc(C=O)ccc54)c3C(C)=O)cc2)cc1. The van der Waals surface area contributed by atoms with E-state index in [1.807, 2.05) is 158 Å². The van der Waals surface area contributed by atoms with Crippen LogP contribution in [0.1, 0.15) is 76.0 Å². The predicted octanol–water partition coefficient (Wildman–Crippen LogP) is 20.5. The van der Waals surface area contributed by atoms with Crippen molar-refractivity contribution in [3.63, 3.8) is 0 Å². The maximum absolute atomic E-state index is 14.1. The number of ketones is 2. The van der Waals surface area contributed by atoms with Gasteiger partial charge < -0.3 is 27.7 Å². The molecule has 15 heteroatoms. The quantitative estimate of drug-likeness (QED) is 0.0422. The second-order valence-corrected chi connectivity index (χ2v) is 28.6. The van der Waals surface area contributed by atoms with Gasteiger partial charge in [0.1, 0.15) is 48.9 Å². The van der Waals surface area contributed by atoms with E-state index < -0.39 is 12.2 Å². The van der Waals surface area contributed by atoms with Crippen molar-refractivity contribution in [2.75, 3.05) is 0 Å². The molecule has 101 heavy (non-hydrogen) atoms. The first kappa shape index (κ1) is 64.2. The number of carbonyl (C=O) groups is 6. The van der Waals surface area contributed by atoms with E-state index >= 15 is 0 Å². The van der Waals surface area contributed by atoms with Crippen LogP contribution in [-0.4, -0.2) is 67.2 Å². The largest absolute Gasteiger partial charge is 0.486 e. The van der Waals surface area contributed by atoms with Crippen LogP contribution in [0.3, 0.4) is 0 Å². The fraction of sp³-hybridized carbons (Fsp3) is 0.0930. The normalized spacial score (nSPS) is 11.8. The Morgan fingerprint density at radius 2 is 0.564 bits per heavy atom. The van der Waals surface area contributed by atoms with Crippen LogP contribution in [0.5, 0.6) is 11.5 Å². The average Bonchev–Trinajstić information content (AvgIpc) is 1.62. The number of aldehydes is 4. The maximum atomic E-state index is 14.1. The van der Waals surface area contributed by atoms with Gasteiger partial charge in [-0.3, -0.25) is 28.8 Å². The lowest BCUT2D eigenvalue weighted by Gasteiger charge is -2.24. The lowest BCUT2D eigenvalue weighted by molar-refractivity contribution is 0.0989. The summed E-state index contributed by atoms with van der Waals surface area (Å²) in [6.07, 6.45) is 2.41. The molecule has 0 N–H and O–H groups in total. The predicted molar refractivity (Wildman–Crippen MR) is 406 cm³/mol. The zero-order valence-corrected chi connectivity index (χ0v) is 57.3. The molecule has 0 saturated heterocycles. The van der Waals surface area contributed by atoms with Crippen molar-refractivity contribution in [2.45, 2.75) is 81.6 Å². The van der Waals surface area contributed by atoms with Crippen molar-refractivity contribution >= 4 is 159 Å². The lowest BCUT2D eigenvalue weighted by atomic mass is 10.1. The van der Waals surface area contributed by atoms with Crippen molar-refractivity contribution < 1.29 is 38.2 Å². The van der Waals surface area contributed by atoms with Gasteiger partial charge in [-0.15, -0.1) is 0 Å². The zero-order valence-electron chi connectivity index (χ0n) is 54.8. The Morgan fingerprint density at radius 3 is 0.832 bits per heavy atom. The molecule has 0 aliphatic heterocycles. The van der Waals surface area contributed by atoms with E-state index in [9.17, 15) is 28.8 Å². The number of carbonyl (C=O) groups excluding carboxylic acids is 6. The summed E-state index contributed by atoms with van der Waals surface area (Å²) >= 11 is 4.64. The Hall–Kier alpha value is -11.5. The molecular formula is C86H62N4O8S3. The monoisotopic (exact) mass is 1370 g/mol. The first-order chi connectivity index (χ1) is 49.5. The number of Topliss-reactive ketones (excluding diaryl/α,β-unsaturated/α-hetero) is 2. The molecule has 0 bridgehead atoms. The zero-order chi connectivity index (χ0) is 68.8. The lowest BCUT2D eigenvalue weighted by Crippen LogP contribution is -2.29. The summed E-state index contributed by atoms with van der Waals surface area (Å²) in [5, 5.41) is 7.90. The molecule has 492 valence electrons. The number of aromatic nitrogens is 4. The third-order valence-corrected chi connectivity index (χ3v) is 22.0. The molecular weight excluding hydrogens is 1310 g/mol. The van der Waals surface area contributed by atoms with Gasteiger partial charge in [-0.1, -0.05) is 120 Å². The molecule has 0 spiro atoms. The van der Waals surface area contributed by atoms with Crippen LogP contribution in [0.2, 0.25) is 0 Å². The topological polar surface area (TPSA) is 141 Å². The fourth-order valence-corrected chi connectivity index (χ4v) is 17.3. The van der Waals surface area contributed by atoms with Crippen molar-refractivity contribution in [1.82, 2.24) is 18.3 Å². The summed E-state index contributed by atoms with van der Waals surface area (Å²) in [4.78, 5) is 81.8. The minimum atomic E-state index is -0.535. The van der Waals surface area contributed by atoms with E-state index in [0.29, 0.717) is 71.1 Å². The molecule has 0 saturated carbocycles. The molecule has 0 aliphatic rings. The van der Waals surface area contributed by atoms with Crippen LogP contribution in [0.4, 0.5) is 0 Å². The van der Waals surface area contributed by atoms with Crippen LogP contribution in [0.15, 0.2) is 284 Å². The Labute approximate surface area is 593 Å². The Kier molecular flexibility index (Phi) is 17.4. The molecule has 12 nitrogen and oxygen atoms in total. The minimum absolute atomic E-state index is 0.133. The molecule has 0 aliphatic carbocycles. The Balaban J connectivity index is 0.655. The van der Waals surface area contributed by atoms with Gasteiger partial charge in [0.05, 0.1) is 37.3 Å². The van der Waals surface area contributed by atoms with Crippen molar-refractivity contribution in [3.8, 4) is 11.5 Å². The van der Waals surface area contributed by atoms with Crippen LogP contribution in [0.25, 0.3) is 87.2 Å². The number of hydrogen-bond donors (Lipinski definition) is 0. The summed E-state index contributed by atoms with van der Waals surface area (Å²) in [7, 11) is 0. The highest BCUT2D eigenvalue weighted by atomic mass is 32.2. The molecule has 0 atom stereocenters. The van der Waals surface area contributed by atoms with E-state index in [-0.39, 0.29) is 11.6 Å². The van der Waals surface area contributed by atoms with Gasteiger partial charge in [-0.25, -0.2) is 0 Å². The van der Waals surface area contributed by atoms with Crippen LogP contribution in [0, 0.1) is 0 Å². The second kappa shape index (κ2) is 27.3. The van der Waals surface area contributed by atoms with Gasteiger partial charge in [0, 0.05) is 139 Å². The number of fused-ring (bicyclic) bond motifs is 12. The summed E-state index contributed by atoms with van der Waals surface area (Å²) in [5.74, 6) is 0.667. The second-order valence-electron chi connectivity index (χ2n) is 25.2. The van der Waals surface area contributed by atoms with Gasteiger partial charge in [0.15, 0.2) is 11.6 Å². The third kappa shape index (κ3) is 12.3. The van der Waals surface area contributed by atoms with Crippen LogP contribution >= 0.6 is 35.3 Å². The molecule has 0 fully saturated rings. The summed E-state index contributed by atoms with van der Waals surface area (Å²) < 4.78 is 23.4. The minimum Gasteiger partial charge on any atom is -0.486 e. The van der Waals surface area contributed by atoms with Crippen molar-refractivity contribution in [1.29, 1.82) is 0 Å². The van der Waals surface area contributed by atoms with Crippen LogP contribution < -0.4 is 9.47 Å². The third-order valence-electron chi connectivity index (χ3n) is 18.9. The number of ether oxygens (including phenoxy) is 2. The Bertz CT molecular complexity index is 5400. The molecule has 0 unspecified atom stereocenters. The number of hydrogen-bond acceptors (Lipinski definition) is 11. The first-order valence-corrected chi connectivity index (χ1v) is 35.6. The highest BCUT2D eigenvalue weighted by Gasteiger charge is 2.27. The van der Waals surface area contributed by atoms with E-state index in [0.717, 1.165) is 142 Å². The average molecular weight is 1380 g/mol. The first-order valence-electron chi connectivity index (χ1n) is 33.2. The maximum Gasteiger partial charge on any atom is 0.164 e. The van der Waals surface area contributed by atoms with Crippen LogP contribution in [-0.2, 0) is 26.2 Å². The highest BCUT2D eigenvalue weighted by Crippen LogP contribution is 2.42. The number of benzene rings is 12. The van der Waals surface area contributed by atoms with E-state index in [4.69, 9.17) is 9.47 Å². The molecule has 4 heterocycles. The summed E-state index contributed by atoms with van der Waals surface area (Å²) in [6.45, 7) is 4.73. The van der Waals surface area contributed by atoms with Gasteiger partial charge in [0.25, 0.3) is 0 Å².